The summed E-state index contributed by atoms with van der Waals surface area (Å²) in [7, 11) is -3.24. The fraction of sp³-hybridized carbons (Fsp3) is 0.524. The topological polar surface area (TPSA) is 120 Å². The third kappa shape index (κ3) is 17.1. The SMILES string of the molecule is CCCCCCCCCCCCCCCc1cccc(OCC(=O)Nc2ccc(C=Nc3ccc(N(CC)CCNS(C)(=O)=O)cc3C)c(O)c2)c1. The highest BCUT2D eigenvalue weighted by molar-refractivity contribution is 7.88. The van der Waals surface area contributed by atoms with E-state index >= 15 is 0 Å². The molecule has 0 atom stereocenters. The quantitative estimate of drug-likeness (QED) is 0.0558. The van der Waals surface area contributed by atoms with Gasteiger partial charge in [0, 0.05) is 48.9 Å². The number of aliphatic imine (C=N–C) groups is 1. The largest absolute Gasteiger partial charge is 0.507 e. The molecule has 0 spiro atoms. The van der Waals surface area contributed by atoms with Gasteiger partial charge in [0.1, 0.15) is 11.5 Å². The fourth-order valence-electron chi connectivity index (χ4n) is 6.17. The maximum Gasteiger partial charge on any atom is 0.262 e. The first-order chi connectivity index (χ1) is 25.1. The molecular weight excluding hydrogens is 673 g/mol. The van der Waals surface area contributed by atoms with Gasteiger partial charge in [0.25, 0.3) is 5.91 Å². The number of hydrogen-bond acceptors (Lipinski definition) is 7. The summed E-state index contributed by atoms with van der Waals surface area (Å²) in [5, 5.41) is 13.4. The number of aryl methyl sites for hydroxylation is 2. The highest BCUT2D eigenvalue weighted by atomic mass is 32.2. The van der Waals surface area contributed by atoms with Crippen LogP contribution in [0.2, 0.25) is 0 Å². The predicted molar refractivity (Wildman–Crippen MR) is 217 cm³/mol. The zero-order chi connectivity index (χ0) is 37.6. The van der Waals surface area contributed by atoms with Crippen molar-refractivity contribution in [3.8, 4) is 11.5 Å². The van der Waals surface area contributed by atoms with Crippen LogP contribution >= 0.6 is 0 Å². The minimum atomic E-state index is -3.24. The first-order valence-electron chi connectivity index (χ1n) is 19.3. The van der Waals surface area contributed by atoms with Crippen molar-refractivity contribution in [3.05, 3.63) is 77.4 Å². The van der Waals surface area contributed by atoms with Gasteiger partial charge in [-0.2, -0.15) is 0 Å². The number of phenolic OH excluding ortho intramolecular Hbond substituents is 1. The molecule has 3 rings (SSSR count). The number of unbranched alkanes of at least 4 members (excludes halogenated alkanes) is 12. The van der Waals surface area contributed by atoms with Crippen LogP contribution in [-0.2, 0) is 21.2 Å². The molecule has 0 heterocycles. The number of hydrogen-bond donors (Lipinski definition) is 3. The molecule has 0 unspecified atom stereocenters. The summed E-state index contributed by atoms with van der Waals surface area (Å²) in [6.07, 6.45) is 21.2. The van der Waals surface area contributed by atoms with Crippen LogP contribution in [0.15, 0.2) is 65.7 Å². The van der Waals surface area contributed by atoms with E-state index in [1.807, 2.05) is 50.2 Å². The van der Waals surface area contributed by atoms with Crippen LogP contribution in [-0.4, -0.2) is 58.1 Å². The number of sulfonamides is 1. The fourth-order valence-corrected chi connectivity index (χ4v) is 6.63. The van der Waals surface area contributed by atoms with Gasteiger partial charge in [0.05, 0.1) is 11.9 Å². The Kier molecular flexibility index (Phi) is 19.3. The van der Waals surface area contributed by atoms with Crippen molar-refractivity contribution in [3.63, 3.8) is 0 Å². The van der Waals surface area contributed by atoms with Crippen molar-refractivity contribution in [1.82, 2.24) is 4.72 Å². The van der Waals surface area contributed by atoms with Crippen LogP contribution in [0.5, 0.6) is 11.5 Å². The molecule has 0 aromatic heterocycles. The van der Waals surface area contributed by atoms with Crippen molar-refractivity contribution in [1.29, 1.82) is 0 Å². The van der Waals surface area contributed by atoms with E-state index in [0.29, 0.717) is 30.1 Å². The van der Waals surface area contributed by atoms with Crippen LogP contribution in [0.4, 0.5) is 17.1 Å². The molecule has 0 saturated carbocycles. The maximum atomic E-state index is 12.6. The standard InChI is InChI=1S/C42H62N4O5S/c1-5-7-8-9-10-11-12-13-14-15-16-17-18-20-35-21-19-22-39(30-35)51-33-42(48)45-37-24-23-36(41(47)31-37)32-43-40-26-25-38(29-34(40)3)46(6-2)28-27-44-52(4,49)50/h19,21-26,29-32,44,47H,5-18,20,27-28,33H2,1-4H3,(H,45,48). The molecule has 0 radical (unpaired) electrons. The van der Waals surface area contributed by atoms with Crippen LogP contribution in [0.25, 0.3) is 0 Å². The van der Waals surface area contributed by atoms with Gasteiger partial charge in [0.2, 0.25) is 10.0 Å². The lowest BCUT2D eigenvalue weighted by Gasteiger charge is -2.23. The lowest BCUT2D eigenvalue weighted by molar-refractivity contribution is -0.118. The summed E-state index contributed by atoms with van der Waals surface area (Å²) in [6, 6.07) is 18.7. The summed E-state index contributed by atoms with van der Waals surface area (Å²) in [5.41, 5.74) is 4.86. The molecule has 1 amide bonds. The van der Waals surface area contributed by atoms with E-state index in [2.05, 4.69) is 32.9 Å². The summed E-state index contributed by atoms with van der Waals surface area (Å²) in [4.78, 5) is 19.3. The molecule has 0 saturated heterocycles. The van der Waals surface area contributed by atoms with E-state index in [1.165, 1.54) is 88.7 Å². The van der Waals surface area contributed by atoms with Gasteiger partial charge in [-0.1, -0.05) is 96.1 Å². The number of nitrogens with zero attached hydrogens (tertiary/aromatic N) is 2. The van der Waals surface area contributed by atoms with Crippen molar-refractivity contribution in [2.45, 2.75) is 111 Å². The van der Waals surface area contributed by atoms with E-state index in [-0.39, 0.29) is 18.3 Å². The number of phenols is 1. The second-order valence-corrected chi connectivity index (χ2v) is 15.6. The highest BCUT2D eigenvalue weighted by Gasteiger charge is 2.10. The van der Waals surface area contributed by atoms with Crippen molar-refractivity contribution >= 4 is 39.2 Å². The Morgan fingerprint density at radius 2 is 1.54 bits per heavy atom. The van der Waals surface area contributed by atoms with Crippen molar-refractivity contribution in [2.24, 2.45) is 4.99 Å². The van der Waals surface area contributed by atoms with Gasteiger partial charge in [-0.05, 0) is 80.3 Å². The maximum absolute atomic E-state index is 12.6. The first-order valence-corrected chi connectivity index (χ1v) is 21.2. The molecule has 0 fully saturated rings. The minimum Gasteiger partial charge on any atom is -0.507 e. The summed E-state index contributed by atoms with van der Waals surface area (Å²) < 4.78 is 31.1. The number of nitrogens with one attached hydrogen (secondary N) is 2. The zero-order valence-electron chi connectivity index (χ0n) is 32.0. The number of ether oxygens (including phenoxy) is 1. The molecule has 0 aliphatic heterocycles. The van der Waals surface area contributed by atoms with E-state index in [4.69, 9.17) is 4.74 Å². The van der Waals surface area contributed by atoms with Gasteiger partial charge in [0.15, 0.2) is 6.61 Å². The first kappa shape index (κ1) is 42.5. The second-order valence-electron chi connectivity index (χ2n) is 13.7. The van der Waals surface area contributed by atoms with Crippen LogP contribution < -0.4 is 19.7 Å². The molecular formula is C42H62N4O5S. The lowest BCUT2D eigenvalue weighted by atomic mass is 10.0. The van der Waals surface area contributed by atoms with Gasteiger partial charge in [-0.15, -0.1) is 0 Å². The smallest absolute Gasteiger partial charge is 0.262 e. The summed E-state index contributed by atoms with van der Waals surface area (Å²) >= 11 is 0. The molecule has 0 bridgehead atoms. The molecule has 0 aliphatic carbocycles. The Morgan fingerprint density at radius 1 is 0.865 bits per heavy atom. The van der Waals surface area contributed by atoms with Gasteiger partial charge < -0.3 is 20.1 Å². The number of carbonyl (C=O) groups is 1. The molecule has 0 aliphatic rings. The number of likely N-dealkylation sites (N-methyl/N-ethyl adjacent to an activating group) is 1. The van der Waals surface area contributed by atoms with E-state index in [1.54, 1.807) is 18.3 Å². The third-order valence-corrected chi connectivity index (χ3v) is 9.90. The Labute approximate surface area is 313 Å². The van der Waals surface area contributed by atoms with E-state index in [0.717, 1.165) is 42.6 Å². The highest BCUT2D eigenvalue weighted by Crippen LogP contribution is 2.27. The Balaban J connectivity index is 1.37. The van der Waals surface area contributed by atoms with Crippen molar-refractivity contribution < 1.29 is 23.1 Å². The van der Waals surface area contributed by atoms with E-state index < -0.39 is 10.0 Å². The second kappa shape index (κ2) is 23.6. The zero-order valence-corrected chi connectivity index (χ0v) is 32.8. The molecule has 3 aromatic rings. The van der Waals surface area contributed by atoms with E-state index in [9.17, 15) is 18.3 Å². The normalized spacial score (nSPS) is 11.6. The van der Waals surface area contributed by atoms with Crippen LogP contribution in [0, 0.1) is 6.92 Å². The Bertz CT molecular complexity index is 1640. The number of benzene rings is 3. The number of anilines is 2. The summed E-state index contributed by atoms with van der Waals surface area (Å²) in [6.45, 7) is 7.70. The Hall–Kier alpha value is -3.89. The molecule has 52 heavy (non-hydrogen) atoms. The number of carbonyl (C=O) groups excluding carboxylic acids is 1. The average molecular weight is 735 g/mol. The predicted octanol–water partition coefficient (Wildman–Crippen LogP) is 9.48. The van der Waals surface area contributed by atoms with Crippen LogP contribution in [0.1, 0.15) is 114 Å². The monoisotopic (exact) mass is 734 g/mol. The van der Waals surface area contributed by atoms with Gasteiger partial charge in [-0.25, -0.2) is 13.1 Å². The third-order valence-electron chi connectivity index (χ3n) is 9.17. The van der Waals surface area contributed by atoms with Gasteiger partial charge >= 0.3 is 0 Å². The molecule has 10 heteroatoms. The number of aromatic hydroxyl groups is 1. The lowest BCUT2D eigenvalue weighted by Crippen LogP contribution is -2.34. The molecule has 3 N–H and O–H groups in total. The molecule has 286 valence electrons. The number of amides is 1. The van der Waals surface area contributed by atoms with Crippen LogP contribution in [0.3, 0.4) is 0 Å². The van der Waals surface area contributed by atoms with Gasteiger partial charge in [-0.3, -0.25) is 9.79 Å². The minimum absolute atomic E-state index is 0.00635. The Morgan fingerprint density at radius 3 is 2.15 bits per heavy atom. The summed E-state index contributed by atoms with van der Waals surface area (Å²) in [5.74, 6) is 0.353. The number of rotatable bonds is 26. The molecule has 3 aromatic carbocycles. The average Bonchev–Trinajstić information content (AvgIpc) is 3.11. The van der Waals surface area contributed by atoms with Crippen molar-refractivity contribution in [2.75, 3.05) is 42.7 Å². The molecule has 9 nitrogen and oxygen atoms in total.